The predicted octanol–water partition coefficient (Wildman–Crippen LogP) is 3.12. The molecule has 8 heteroatoms. The van der Waals surface area contributed by atoms with Crippen LogP contribution in [0.5, 0.6) is 5.75 Å². The van der Waals surface area contributed by atoms with Crippen LogP contribution in [0.3, 0.4) is 0 Å². The van der Waals surface area contributed by atoms with Crippen molar-refractivity contribution in [2.24, 2.45) is 0 Å². The van der Waals surface area contributed by atoms with Gasteiger partial charge in [-0.3, -0.25) is 4.79 Å². The van der Waals surface area contributed by atoms with Gasteiger partial charge in [-0.1, -0.05) is 36.0 Å². The average molecular weight is 383 g/mol. The van der Waals surface area contributed by atoms with Crippen LogP contribution in [0.4, 0.5) is 5.69 Å². The summed E-state index contributed by atoms with van der Waals surface area (Å²) in [6, 6.07) is 15.3. The third kappa shape index (κ3) is 4.11. The molecule has 2 aromatic carbocycles. The zero-order valence-electron chi connectivity index (χ0n) is 15.7. The van der Waals surface area contributed by atoms with Crippen molar-refractivity contribution in [3.05, 3.63) is 54.1 Å². The van der Waals surface area contributed by atoms with Crippen molar-refractivity contribution >= 4 is 23.4 Å². The third-order valence-electron chi connectivity index (χ3n) is 4.11. The molecule has 27 heavy (non-hydrogen) atoms. The number of rotatable bonds is 6. The summed E-state index contributed by atoms with van der Waals surface area (Å²) >= 11 is 1.31. The van der Waals surface area contributed by atoms with Gasteiger partial charge in [0.2, 0.25) is 11.1 Å². The van der Waals surface area contributed by atoms with Gasteiger partial charge in [0.15, 0.2) is 0 Å². The monoisotopic (exact) mass is 383 g/mol. The van der Waals surface area contributed by atoms with Crippen LogP contribution in [-0.4, -0.2) is 45.5 Å². The van der Waals surface area contributed by atoms with Gasteiger partial charge in [0.25, 0.3) is 0 Å². The van der Waals surface area contributed by atoms with Crippen molar-refractivity contribution in [3.8, 4) is 11.4 Å². The first-order valence-electron chi connectivity index (χ1n) is 8.44. The summed E-state index contributed by atoms with van der Waals surface area (Å²) in [4.78, 5) is 14.4. The molecule has 0 N–H and O–H groups in total. The third-order valence-corrected chi connectivity index (χ3v) is 5.13. The largest absolute Gasteiger partial charge is 0.494 e. The van der Waals surface area contributed by atoms with E-state index >= 15 is 0 Å². The molecule has 0 aliphatic carbocycles. The Balaban J connectivity index is 1.83. The number of ether oxygens (including phenoxy) is 1. The van der Waals surface area contributed by atoms with Crippen LogP contribution in [0.25, 0.3) is 5.69 Å². The Kier molecular flexibility index (Phi) is 5.75. The summed E-state index contributed by atoms with van der Waals surface area (Å²) in [5.41, 5.74) is 2.64. The maximum absolute atomic E-state index is 12.8. The maximum Gasteiger partial charge on any atom is 0.240 e. The van der Waals surface area contributed by atoms with Gasteiger partial charge in [-0.25, -0.2) is 0 Å². The Hall–Kier alpha value is -2.87. The minimum atomic E-state index is -0.365. The number of anilines is 1. The van der Waals surface area contributed by atoms with Crippen LogP contribution in [0.2, 0.25) is 0 Å². The Labute approximate surface area is 162 Å². The molecule has 0 fully saturated rings. The van der Waals surface area contributed by atoms with Gasteiger partial charge in [0, 0.05) is 12.7 Å². The molecule has 0 saturated carbocycles. The van der Waals surface area contributed by atoms with Gasteiger partial charge in [-0.05, 0) is 54.1 Å². The quantitative estimate of drug-likeness (QED) is 0.609. The Bertz CT molecular complexity index is 929. The first-order valence-corrected chi connectivity index (χ1v) is 9.32. The van der Waals surface area contributed by atoms with Gasteiger partial charge in [0.1, 0.15) is 11.4 Å². The van der Waals surface area contributed by atoms with Crippen LogP contribution >= 0.6 is 11.8 Å². The number of hydrogen-bond acceptors (Lipinski definition) is 6. The first-order chi connectivity index (χ1) is 13.0. The van der Waals surface area contributed by atoms with E-state index in [-0.39, 0.29) is 11.2 Å². The molecular formula is C19H21N5O2S. The topological polar surface area (TPSA) is 73.1 Å². The molecule has 0 spiro atoms. The molecule has 1 amide bonds. The molecule has 0 bridgehead atoms. The highest BCUT2D eigenvalue weighted by Gasteiger charge is 2.23. The summed E-state index contributed by atoms with van der Waals surface area (Å²) in [5, 5.41) is 12.1. The van der Waals surface area contributed by atoms with Crippen LogP contribution in [0, 0.1) is 6.92 Å². The van der Waals surface area contributed by atoms with Crippen molar-refractivity contribution in [2.75, 3.05) is 19.1 Å². The molecule has 0 radical (unpaired) electrons. The summed E-state index contributed by atoms with van der Waals surface area (Å²) in [7, 11) is 3.37. The lowest BCUT2D eigenvalue weighted by atomic mass is 10.2. The molecule has 140 valence electrons. The van der Waals surface area contributed by atoms with Gasteiger partial charge in [0.05, 0.1) is 12.4 Å². The second kappa shape index (κ2) is 8.22. The molecule has 7 nitrogen and oxygen atoms in total. The molecule has 0 saturated heterocycles. The van der Waals surface area contributed by atoms with Crippen LogP contribution < -0.4 is 9.64 Å². The fraction of sp³-hybridized carbons (Fsp3) is 0.263. The number of methoxy groups -OCH3 is 1. The molecule has 0 aliphatic heterocycles. The number of aryl methyl sites for hydroxylation is 1. The number of hydrogen-bond donors (Lipinski definition) is 0. The highest BCUT2D eigenvalue weighted by Crippen LogP contribution is 2.29. The van der Waals surface area contributed by atoms with E-state index in [2.05, 4.69) is 15.5 Å². The molecule has 1 atom stereocenters. The Morgan fingerprint density at radius 2 is 1.96 bits per heavy atom. The van der Waals surface area contributed by atoms with Gasteiger partial charge < -0.3 is 9.64 Å². The smallest absolute Gasteiger partial charge is 0.240 e. The standard InChI is InChI=1S/C19H21N5O2S/c1-13-10-11-17(26-4)16(12-13)24-19(20-21-22-24)27-14(2)18(25)23(3)15-8-6-5-7-9-15/h5-12,14H,1-4H3/t14-/m0/s1. The number of nitrogens with zero attached hydrogens (tertiary/aromatic N) is 5. The average Bonchev–Trinajstić information content (AvgIpc) is 3.15. The van der Waals surface area contributed by atoms with E-state index < -0.39 is 0 Å². The second-order valence-electron chi connectivity index (χ2n) is 6.04. The van der Waals surface area contributed by atoms with Crippen LogP contribution in [0.15, 0.2) is 53.7 Å². The maximum atomic E-state index is 12.8. The van der Waals surface area contributed by atoms with E-state index in [1.54, 1.807) is 23.7 Å². The number of thioether (sulfide) groups is 1. The minimum Gasteiger partial charge on any atom is -0.494 e. The lowest BCUT2D eigenvalue weighted by Gasteiger charge is -2.21. The van der Waals surface area contributed by atoms with Crippen molar-refractivity contribution in [1.82, 2.24) is 20.2 Å². The second-order valence-corrected chi connectivity index (χ2v) is 7.35. The fourth-order valence-corrected chi connectivity index (χ4v) is 3.52. The number of aromatic nitrogens is 4. The Morgan fingerprint density at radius 1 is 1.22 bits per heavy atom. The SMILES string of the molecule is COc1ccc(C)cc1-n1nnnc1S[C@@H](C)C(=O)N(C)c1ccccc1. The van der Waals surface area contributed by atoms with Crippen molar-refractivity contribution < 1.29 is 9.53 Å². The minimum absolute atomic E-state index is 0.0306. The summed E-state index contributed by atoms with van der Waals surface area (Å²) < 4.78 is 7.03. The molecule has 0 aliphatic rings. The van der Waals surface area contributed by atoms with E-state index in [1.807, 2.05) is 62.4 Å². The van der Waals surface area contributed by atoms with Crippen molar-refractivity contribution in [1.29, 1.82) is 0 Å². The summed E-state index contributed by atoms with van der Waals surface area (Å²) in [6.07, 6.45) is 0. The van der Waals surface area contributed by atoms with E-state index in [4.69, 9.17) is 4.74 Å². The summed E-state index contributed by atoms with van der Waals surface area (Å²) in [5.74, 6) is 0.632. The van der Waals surface area contributed by atoms with E-state index in [0.29, 0.717) is 10.9 Å². The van der Waals surface area contributed by atoms with Crippen molar-refractivity contribution in [3.63, 3.8) is 0 Å². The van der Waals surface area contributed by atoms with Gasteiger partial charge in [-0.2, -0.15) is 4.68 Å². The molecule has 0 unspecified atom stereocenters. The number of amides is 1. The van der Waals surface area contributed by atoms with Crippen LogP contribution in [0.1, 0.15) is 12.5 Å². The number of para-hydroxylation sites is 1. The molecule has 3 rings (SSSR count). The molecular weight excluding hydrogens is 362 g/mol. The normalized spacial score (nSPS) is 11.9. The zero-order chi connectivity index (χ0) is 19.4. The first kappa shape index (κ1) is 18.9. The molecule has 3 aromatic rings. The lowest BCUT2D eigenvalue weighted by molar-refractivity contribution is -0.117. The van der Waals surface area contributed by atoms with Gasteiger partial charge >= 0.3 is 0 Å². The zero-order valence-corrected chi connectivity index (χ0v) is 16.5. The molecule has 1 aromatic heterocycles. The van der Waals surface area contributed by atoms with Crippen molar-refractivity contribution in [2.45, 2.75) is 24.3 Å². The highest BCUT2D eigenvalue weighted by molar-refractivity contribution is 8.00. The number of benzene rings is 2. The van der Waals surface area contributed by atoms with Crippen LogP contribution in [-0.2, 0) is 4.79 Å². The fourth-order valence-electron chi connectivity index (χ4n) is 2.63. The van der Waals surface area contributed by atoms with E-state index in [1.165, 1.54) is 11.8 Å². The summed E-state index contributed by atoms with van der Waals surface area (Å²) in [6.45, 7) is 3.83. The van der Waals surface area contributed by atoms with Gasteiger partial charge in [-0.15, -0.1) is 5.10 Å². The lowest BCUT2D eigenvalue weighted by Crippen LogP contribution is -2.33. The predicted molar refractivity (Wildman–Crippen MR) is 106 cm³/mol. The molecule has 1 heterocycles. The number of carbonyl (C=O) groups excluding carboxylic acids is 1. The highest BCUT2D eigenvalue weighted by atomic mass is 32.2. The Morgan fingerprint density at radius 3 is 2.67 bits per heavy atom. The number of carbonyl (C=O) groups is 1. The number of tetrazole rings is 1. The van der Waals surface area contributed by atoms with E-state index in [0.717, 1.165) is 16.9 Å². The van der Waals surface area contributed by atoms with E-state index in [9.17, 15) is 4.79 Å².